The molecule has 7 heteroatoms. The van der Waals surface area contributed by atoms with E-state index in [0.29, 0.717) is 0 Å². The van der Waals surface area contributed by atoms with Crippen molar-refractivity contribution >= 4 is 5.82 Å². The molecular formula is C8H10F3N3O. The Labute approximate surface area is 84.0 Å². The number of ether oxygens (including phenoxy) is 1. The lowest BCUT2D eigenvalue weighted by atomic mass is 10.2. The standard InChI is InChI=1S/C8H10F3N3O/c1-4-2-6(13)14-5(3-12)7(4)15-8(9,10)11/h2H,3,12H2,1H3,(H2,13,14). The molecule has 15 heavy (non-hydrogen) atoms. The fraction of sp³-hybridized carbons (Fsp3) is 0.375. The largest absolute Gasteiger partial charge is 0.573 e. The number of pyridine rings is 1. The van der Waals surface area contributed by atoms with E-state index >= 15 is 0 Å². The Morgan fingerprint density at radius 1 is 1.47 bits per heavy atom. The van der Waals surface area contributed by atoms with Gasteiger partial charge in [0, 0.05) is 6.54 Å². The molecule has 0 aliphatic rings. The van der Waals surface area contributed by atoms with Crippen molar-refractivity contribution in [2.24, 2.45) is 5.73 Å². The topological polar surface area (TPSA) is 74.2 Å². The first-order chi connectivity index (χ1) is 6.83. The molecule has 4 N–H and O–H groups in total. The van der Waals surface area contributed by atoms with Crippen LogP contribution in [0.1, 0.15) is 11.3 Å². The molecule has 4 nitrogen and oxygen atoms in total. The van der Waals surface area contributed by atoms with Crippen LogP contribution in [0.2, 0.25) is 0 Å². The zero-order valence-electron chi connectivity index (χ0n) is 7.93. The highest BCUT2D eigenvalue weighted by molar-refractivity contribution is 5.45. The molecule has 1 aromatic rings. The normalized spacial score (nSPS) is 11.5. The van der Waals surface area contributed by atoms with Gasteiger partial charge in [0.05, 0.1) is 5.69 Å². The van der Waals surface area contributed by atoms with Gasteiger partial charge in [-0.05, 0) is 18.6 Å². The van der Waals surface area contributed by atoms with Crippen molar-refractivity contribution < 1.29 is 17.9 Å². The Bertz CT molecular complexity index is 365. The minimum absolute atomic E-state index is 0.00942. The van der Waals surface area contributed by atoms with Crippen LogP contribution in [0, 0.1) is 6.92 Å². The fourth-order valence-electron chi connectivity index (χ4n) is 1.15. The number of rotatable bonds is 2. The number of hydrogen-bond donors (Lipinski definition) is 2. The highest BCUT2D eigenvalue weighted by Gasteiger charge is 2.33. The van der Waals surface area contributed by atoms with Crippen molar-refractivity contribution in [3.8, 4) is 5.75 Å². The minimum Gasteiger partial charge on any atom is -0.403 e. The molecule has 0 atom stereocenters. The van der Waals surface area contributed by atoms with Gasteiger partial charge < -0.3 is 16.2 Å². The van der Waals surface area contributed by atoms with Gasteiger partial charge in [-0.1, -0.05) is 0 Å². The first-order valence-corrected chi connectivity index (χ1v) is 4.05. The van der Waals surface area contributed by atoms with E-state index in [1.165, 1.54) is 13.0 Å². The van der Waals surface area contributed by atoms with Gasteiger partial charge >= 0.3 is 6.36 Å². The summed E-state index contributed by atoms with van der Waals surface area (Å²) in [5, 5.41) is 0. The van der Waals surface area contributed by atoms with Crippen molar-refractivity contribution in [3.63, 3.8) is 0 Å². The van der Waals surface area contributed by atoms with Crippen LogP contribution >= 0.6 is 0 Å². The molecule has 0 amide bonds. The number of aryl methyl sites for hydroxylation is 1. The molecule has 0 radical (unpaired) electrons. The molecular weight excluding hydrogens is 211 g/mol. The van der Waals surface area contributed by atoms with Crippen molar-refractivity contribution in [2.75, 3.05) is 5.73 Å². The summed E-state index contributed by atoms with van der Waals surface area (Å²) in [5.41, 5.74) is 10.8. The zero-order chi connectivity index (χ0) is 11.6. The molecule has 0 aliphatic carbocycles. The highest BCUT2D eigenvalue weighted by atomic mass is 19.4. The SMILES string of the molecule is Cc1cc(N)nc(CN)c1OC(F)(F)F. The number of nitrogens with two attached hydrogens (primary N) is 2. The van der Waals surface area contributed by atoms with Crippen LogP contribution in [0.25, 0.3) is 0 Å². The maximum absolute atomic E-state index is 12.0. The third-order valence-corrected chi connectivity index (χ3v) is 1.66. The molecule has 0 fully saturated rings. The molecule has 0 aliphatic heterocycles. The molecule has 0 saturated heterocycles. The molecule has 0 bridgehead atoms. The molecule has 0 saturated carbocycles. The third-order valence-electron chi connectivity index (χ3n) is 1.66. The number of aromatic nitrogens is 1. The van der Waals surface area contributed by atoms with E-state index in [0.717, 1.165) is 0 Å². The van der Waals surface area contributed by atoms with Gasteiger partial charge in [-0.25, -0.2) is 4.98 Å². The third kappa shape index (κ3) is 2.98. The molecule has 1 heterocycles. The second-order valence-corrected chi connectivity index (χ2v) is 2.89. The average Bonchev–Trinajstić information content (AvgIpc) is 2.07. The summed E-state index contributed by atoms with van der Waals surface area (Å²) in [6, 6.07) is 1.29. The number of hydrogen-bond acceptors (Lipinski definition) is 4. The number of anilines is 1. The predicted molar refractivity (Wildman–Crippen MR) is 48.0 cm³/mol. The predicted octanol–water partition coefficient (Wildman–Crippen LogP) is 1.33. The Morgan fingerprint density at radius 3 is 2.53 bits per heavy atom. The number of nitrogens with zero attached hydrogens (tertiary/aromatic N) is 1. The second-order valence-electron chi connectivity index (χ2n) is 2.89. The van der Waals surface area contributed by atoms with Gasteiger partial charge in [-0.15, -0.1) is 13.2 Å². The smallest absolute Gasteiger partial charge is 0.403 e. The molecule has 84 valence electrons. The first kappa shape index (κ1) is 11.6. The van der Waals surface area contributed by atoms with Crippen LogP contribution in [0.3, 0.4) is 0 Å². The molecule has 0 aromatic carbocycles. The van der Waals surface area contributed by atoms with Crippen molar-refractivity contribution in [1.29, 1.82) is 0 Å². The summed E-state index contributed by atoms with van der Waals surface area (Å²) in [5.74, 6) is -0.262. The van der Waals surface area contributed by atoms with Gasteiger partial charge in [0.2, 0.25) is 0 Å². The summed E-state index contributed by atoms with van der Waals surface area (Å²) in [4.78, 5) is 3.66. The van der Waals surface area contributed by atoms with E-state index in [9.17, 15) is 13.2 Å². The average molecular weight is 221 g/mol. The molecule has 0 spiro atoms. The summed E-state index contributed by atoms with van der Waals surface area (Å²) in [7, 11) is 0. The number of alkyl halides is 3. The maximum Gasteiger partial charge on any atom is 0.573 e. The Kier molecular flexibility index (Phi) is 3.04. The van der Waals surface area contributed by atoms with Crippen LogP contribution in [-0.2, 0) is 6.54 Å². The molecule has 1 aromatic heterocycles. The van der Waals surface area contributed by atoms with Gasteiger partial charge in [-0.3, -0.25) is 0 Å². The monoisotopic (exact) mass is 221 g/mol. The van der Waals surface area contributed by atoms with Crippen LogP contribution in [0.15, 0.2) is 6.07 Å². The molecule has 1 rings (SSSR count). The number of nitrogen functional groups attached to an aromatic ring is 1. The zero-order valence-corrected chi connectivity index (χ0v) is 7.93. The van der Waals surface area contributed by atoms with Gasteiger partial charge in [0.25, 0.3) is 0 Å². The van der Waals surface area contributed by atoms with Crippen LogP contribution in [0.5, 0.6) is 5.75 Å². The Morgan fingerprint density at radius 2 is 2.07 bits per heavy atom. The van der Waals surface area contributed by atoms with Crippen molar-refractivity contribution in [1.82, 2.24) is 4.98 Å². The van der Waals surface area contributed by atoms with Crippen LogP contribution in [0.4, 0.5) is 19.0 Å². The summed E-state index contributed by atoms with van der Waals surface area (Å²) in [6.45, 7) is 1.27. The second kappa shape index (κ2) is 3.93. The van der Waals surface area contributed by atoms with E-state index < -0.39 is 6.36 Å². The Balaban J connectivity index is 3.15. The van der Waals surface area contributed by atoms with Gasteiger partial charge in [0.15, 0.2) is 5.75 Å². The first-order valence-electron chi connectivity index (χ1n) is 4.05. The maximum atomic E-state index is 12.0. The summed E-state index contributed by atoms with van der Waals surface area (Å²) in [6.07, 6.45) is -4.76. The van der Waals surface area contributed by atoms with Crippen LogP contribution in [-0.4, -0.2) is 11.3 Å². The Hall–Kier alpha value is -1.50. The van der Waals surface area contributed by atoms with Crippen molar-refractivity contribution in [3.05, 3.63) is 17.3 Å². The lowest BCUT2D eigenvalue weighted by Crippen LogP contribution is -2.20. The fourth-order valence-corrected chi connectivity index (χ4v) is 1.15. The quantitative estimate of drug-likeness (QED) is 0.790. The van der Waals surface area contributed by atoms with E-state index in [2.05, 4.69) is 9.72 Å². The highest BCUT2D eigenvalue weighted by Crippen LogP contribution is 2.29. The van der Waals surface area contributed by atoms with E-state index in [4.69, 9.17) is 11.5 Å². The van der Waals surface area contributed by atoms with Gasteiger partial charge in [-0.2, -0.15) is 0 Å². The molecule has 0 unspecified atom stereocenters. The van der Waals surface area contributed by atoms with Gasteiger partial charge in [0.1, 0.15) is 5.82 Å². The van der Waals surface area contributed by atoms with Crippen LogP contribution < -0.4 is 16.2 Å². The van der Waals surface area contributed by atoms with E-state index in [1.807, 2.05) is 0 Å². The lowest BCUT2D eigenvalue weighted by Gasteiger charge is -2.14. The minimum atomic E-state index is -4.76. The summed E-state index contributed by atoms with van der Waals surface area (Å²) >= 11 is 0. The van der Waals surface area contributed by atoms with E-state index in [-0.39, 0.29) is 29.4 Å². The van der Waals surface area contributed by atoms with Crippen molar-refractivity contribution in [2.45, 2.75) is 19.8 Å². The summed E-state index contributed by atoms with van der Waals surface area (Å²) < 4.78 is 39.9. The number of halogens is 3. The van der Waals surface area contributed by atoms with E-state index in [1.54, 1.807) is 0 Å². The lowest BCUT2D eigenvalue weighted by molar-refractivity contribution is -0.275.